The SMILES string of the molecule is CCn1nc(-c2ccc(Cl)cc2)c(O)c1-c1nc2ccc(C(N)=O)cc2[nH]1. The van der Waals surface area contributed by atoms with Crippen LogP contribution in [0.2, 0.25) is 5.02 Å². The van der Waals surface area contributed by atoms with Gasteiger partial charge in [-0.1, -0.05) is 23.7 Å². The first kappa shape index (κ1) is 17.1. The van der Waals surface area contributed by atoms with Crippen LogP contribution in [0.1, 0.15) is 17.3 Å². The van der Waals surface area contributed by atoms with Crippen molar-refractivity contribution in [3.63, 3.8) is 0 Å². The highest BCUT2D eigenvalue weighted by atomic mass is 35.5. The Morgan fingerprint density at radius 3 is 2.67 bits per heavy atom. The van der Waals surface area contributed by atoms with Crippen molar-refractivity contribution in [2.24, 2.45) is 5.73 Å². The van der Waals surface area contributed by atoms with Gasteiger partial charge in [-0.3, -0.25) is 9.48 Å². The quantitative estimate of drug-likeness (QED) is 0.501. The van der Waals surface area contributed by atoms with Gasteiger partial charge in [-0.25, -0.2) is 4.98 Å². The molecule has 2 aromatic carbocycles. The van der Waals surface area contributed by atoms with Crippen LogP contribution in [0.25, 0.3) is 33.8 Å². The van der Waals surface area contributed by atoms with Crippen LogP contribution in [-0.2, 0) is 6.54 Å². The predicted molar refractivity (Wildman–Crippen MR) is 104 cm³/mol. The van der Waals surface area contributed by atoms with E-state index in [9.17, 15) is 9.90 Å². The summed E-state index contributed by atoms with van der Waals surface area (Å²) in [5.74, 6) is -0.0356. The van der Waals surface area contributed by atoms with E-state index in [0.29, 0.717) is 45.4 Å². The van der Waals surface area contributed by atoms with Crippen LogP contribution in [-0.4, -0.2) is 30.8 Å². The summed E-state index contributed by atoms with van der Waals surface area (Å²) in [5.41, 5.74) is 8.69. The molecule has 4 aromatic rings. The van der Waals surface area contributed by atoms with Crippen molar-refractivity contribution < 1.29 is 9.90 Å². The molecule has 136 valence electrons. The maximum atomic E-state index is 11.4. The van der Waals surface area contributed by atoms with Gasteiger partial charge in [-0.05, 0) is 37.3 Å². The summed E-state index contributed by atoms with van der Waals surface area (Å²) >= 11 is 5.94. The second-order valence-corrected chi connectivity index (χ2v) is 6.49. The van der Waals surface area contributed by atoms with Crippen LogP contribution in [0.5, 0.6) is 5.75 Å². The van der Waals surface area contributed by atoms with E-state index in [1.54, 1.807) is 47.1 Å². The number of benzene rings is 2. The molecule has 1 amide bonds. The monoisotopic (exact) mass is 381 g/mol. The fourth-order valence-corrected chi connectivity index (χ4v) is 3.12. The molecule has 4 rings (SSSR count). The third-order valence-electron chi connectivity index (χ3n) is 4.34. The molecular weight excluding hydrogens is 366 g/mol. The fourth-order valence-electron chi connectivity index (χ4n) is 2.99. The van der Waals surface area contributed by atoms with Crippen LogP contribution in [0.3, 0.4) is 0 Å². The Bertz CT molecular complexity index is 1160. The van der Waals surface area contributed by atoms with E-state index in [1.807, 2.05) is 6.92 Å². The minimum absolute atomic E-state index is 0.0216. The van der Waals surface area contributed by atoms with Crippen LogP contribution < -0.4 is 5.73 Å². The molecule has 0 saturated heterocycles. The van der Waals surface area contributed by atoms with Crippen LogP contribution in [0.4, 0.5) is 0 Å². The molecule has 0 atom stereocenters. The van der Waals surface area contributed by atoms with Gasteiger partial charge in [0.15, 0.2) is 11.6 Å². The Kier molecular flexibility index (Phi) is 4.08. The summed E-state index contributed by atoms with van der Waals surface area (Å²) in [4.78, 5) is 19.0. The average Bonchev–Trinajstić information content (AvgIpc) is 3.21. The first-order valence-corrected chi connectivity index (χ1v) is 8.71. The number of primary amides is 1. The Balaban J connectivity index is 1.87. The zero-order chi connectivity index (χ0) is 19.1. The maximum absolute atomic E-state index is 11.4. The lowest BCUT2D eigenvalue weighted by atomic mass is 10.1. The Morgan fingerprint density at radius 1 is 1.26 bits per heavy atom. The number of carbonyl (C=O) groups is 1. The first-order chi connectivity index (χ1) is 13.0. The smallest absolute Gasteiger partial charge is 0.248 e. The molecule has 27 heavy (non-hydrogen) atoms. The van der Waals surface area contributed by atoms with Crippen LogP contribution in [0, 0.1) is 0 Å². The van der Waals surface area contributed by atoms with Crippen molar-refractivity contribution in [3.8, 4) is 28.5 Å². The molecule has 0 unspecified atom stereocenters. The number of imidazole rings is 1. The molecule has 2 heterocycles. The molecule has 0 saturated carbocycles. The van der Waals surface area contributed by atoms with Crippen molar-refractivity contribution >= 4 is 28.5 Å². The molecule has 0 bridgehead atoms. The van der Waals surface area contributed by atoms with Crippen LogP contribution in [0.15, 0.2) is 42.5 Å². The van der Waals surface area contributed by atoms with Crippen LogP contribution >= 0.6 is 11.6 Å². The minimum atomic E-state index is -0.514. The molecule has 2 aromatic heterocycles. The Hall–Kier alpha value is -3.32. The number of aryl methyl sites for hydroxylation is 1. The third-order valence-corrected chi connectivity index (χ3v) is 4.59. The molecule has 0 aliphatic heterocycles. The van der Waals surface area contributed by atoms with Gasteiger partial charge in [0.05, 0.1) is 11.0 Å². The number of hydrogen-bond donors (Lipinski definition) is 3. The van der Waals surface area contributed by atoms with E-state index in [1.165, 1.54) is 0 Å². The van der Waals surface area contributed by atoms with Gasteiger partial charge < -0.3 is 15.8 Å². The summed E-state index contributed by atoms with van der Waals surface area (Å²) < 4.78 is 1.67. The van der Waals surface area contributed by atoms with E-state index in [2.05, 4.69) is 15.1 Å². The third kappa shape index (κ3) is 2.92. The largest absolute Gasteiger partial charge is 0.504 e. The molecule has 0 spiro atoms. The topological polar surface area (TPSA) is 110 Å². The fraction of sp³-hybridized carbons (Fsp3) is 0.105. The number of hydrogen-bond acceptors (Lipinski definition) is 4. The van der Waals surface area contributed by atoms with Gasteiger partial charge >= 0.3 is 0 Å². The number of halogens is 1. The number of nitrogens with zero attached hydrogens (tertiary/aromatic N) is 3. The normalized spacial score (nSPS) is 11.2. The molecule has 0 aliphatic carbocycles. The number of rotatable bonds is 4. The van der Waals surface area contributed by atoms with Gasteiger partial charge in [-0.2, -0.15) is 5.10 Å². The van der Waals surface area contributed by atoms with E-state index in [0.717, 1.165) is 5.56 Å². The first-order valence-electron chi connectivity index (χ1n) is 8.33. The second kappa shape index (κ2) is 6.44. The highest BCUT2D eigenvalue weighted by Crippen LogP contribution is 2.37. The van der Waals surface area contributed by atoms with Crippen molar-refractivity contribution in [2.75, 3.05) is 0 Å². The number of aromatic nitrogens is 4. The number of H-pyrrole nitrogens is 1. The zero-order valence-electron chi connectivity index (χ0n) is 14.4. The molecule has 0 aliphatic rings. The maximum Gasteiger partial charge on any atom is 0.248 e. The molecular formula is C19H16ClN5O2. The van der Waals surface area contributed by atoms with Gasteiger partial charge in [0.2, 0.25) is 5.91 Å². The van der Waals surface area contributed by atoms with Crippen molar-refractivity contribution in [3.05, 3.63) is 53.1 Å². The molecule has 0 fully saturated rings. The molecule has 7 nitrogen and oxygen atoms in total. The van der Waals surface area contributed by atoms with Crippen molar-refractivity contribution in [1.29, 1.82) is 0 Å². The van der Waals surface area contributed by atoms with Crippen molar-refractivity contribution in [1.82, 2.24) is 19.7 Å². The number of nitrogens with two attached hydrogens (primary N) is 1. The lowest BCUT2D eigenvalue weighted by molar-refractivity contribution is 0.100. The van der Waals surface area contributed by atoms with E-state index < -0.39 is 5.91 Å². The minimum Gasteiger partial charge on any atom is -0.504 e. The number of aromatic hydroxyl groups is 1. The van der Waals surface area contributed by atoms with Gasteiger partial charge in [0.1, 0.15) is 11.4 Å². The number of aromatic amines is 1. The summed E-state index contributed by atoms with van der Waals surface area (Å²) in [6, 6.07) is 12.0. The lowest BCUT2D eigenvalue weighted by Crippen LogP contribution is -2.10. The molecule has 8 heteroatoms. The van der Waals surface area contributed by atoms with E-state index in [-0.39, 0.29) is 5.75 Å². The molecule has 0 radical (unpaired) electrons. The highest BCUT2D eigenvalue weighted by Gasteiger charge is 2.22. The standard InChI is InChI=1S/C19H16ClN5O2/c1-2-25-16(17(26)15(24-25)10-3-6-12(20)7-4-10)19-22-13-8-5-11(18(21)27)9-14(13)23-19/h3-9,26H,2H2,1H3,(H2,21,27)(H,22,23). The summed E-state index contributed by atoms with van der Waals surface area (Å²) in [6.07, 6.45) is 0. The highest BCUT2D eigenvalue weighted by molar-refractivity contribution is 6.30. The number of fused-ring (bicyclic) bond motifs is 1. The number of amides is 1. The van der Waals surface area contributed by atoms with Crippen molar-refractivity contribution in [2.45, 2.75) is 13.5 Å². The lowest BCUT2D eigenvalue weighted by Gasteiger charge is -2.01. The van der Waals surface area contributed by atoms with Gasteiger partial charge in [0, 0.05) is 22.7 Å². The number of carbonyl (C=O) groups excluding carboxylic acids is 1. The van der Waals surface area contributed by atoms with Gasteiger partial charge in [-0.15, -0.1) is 0 Å². The Labute approximate surface area is 159 Å². The average molecular weight is 382 g/mol. The number of nitrogens with one attached hydrogen (secondary N) is 1. The summed E-state index contributed by atoms with van der Waals surface area (Å²) in [7, 11) is 0. The summed E-state index contributed by atoms with van der Waals surface area (Å²) in [5, 5.41) is 16.0. The second-order valence-electron chi connectivity index (χ2n) is 6.05. The van der Waals surface area contributed by atoms with Gasteiger partial charge in [0.25, 0.3) is 0 Å². The Morgan fingerprint density at radius 2 is 2.00 bits per heavy atom. The molecule has 4 N–H and O–H groups in total. The summed E-state index contributed by atoms with van der Waals surface area (Å²) in [6.45, 7) is 2.47. The van der Waals surface area contributed by atoms with E-state index >= 15 is 0 Å². The van der Waals surface area contributed by atoms with E-state index in [4.69, 9.17) is 17.3 Å². The zero-order valence-corrected chi connectivity index (χ0v) is 15.2. The predicted octanol–water partition coefficient (Wildman–Crippen LogP) is 3.57.